The molecule has 4 aromatic rings. The maximum absolute atomic E-state index is 14.3. The van der Waals surface area contributed by atoms with Gasteiger partial charge in [0, 0.05) is 37.6 Å². The van der Waals surface area contributed by atoms with Crippen LogP contribution in [-0.4, -0.2) is 116 Å². The molecule has 11 rings (SSSR count). The van der Waals surface area contributed by atoms with Crippen molar-refractivity contribution in [3.63, 3.8) is 0 Å². The number of carbonyl (C=O) groups excluding carboxylic acids is 3. The molecule has 3 aliphatic carbocycles. The quantitative estimate of drug-likeness (QED) is 0.127. The highest BCUT2D eigenvalue weighted by Gasteiger charge is 2.53. The van der Waals surface area contributed by atoms with Crippen LogP contribution in [0.2, 0.25) is 0 Å². The van der Waals surface area contributed by atoms with Gasteiger partial charge in [0.05, 0.1) is 47.1 Å². The van der Waals surface area contributed by atoms with Gasteiger partial charge in [0.15, 0.2) is 0 Å². The number of fused-ring (bicyclic) bond motifs is 4. The molecule has 4 aliphatic heterocycles. The van der Waals surface area contributed by atoms with Crippen molar-refractivity contribution in [1.29, 1.82) is 0 Å². The molecule has 6 fully saturated rings. The summed E-state index contributed by atoms with van der Waals surface area (Å²) in [4.78, 5) is 74.0. The Labute approximate surface area is 365 Å². The number of hydrogen-bond donors (Lipinski definition) is 5. The van der Waals surface area contributed by atoms with Gasteiger partial charge >= 0.3 is 12.2 Å². The maximum Gasteiger partial charge on any atom is 0.407 e. The molecule has 63 heavy (non-hydrogen) atoms. The predicted octanol–water partition coefficient (Wildman–Crippen LogP) is 6.32. The number of methoxy groups -OCH3 is 1. The van der Waals surface area contributed by atoms with E-state index in [2.05, 4.69) is 50.9 Å². The third-order valence-electron chi connectivity index (χ3n) is 15.2. The first-order valence-corrected chi connectivity index (χ1v) is 23.0. The standard InChI is InChI=1S/C47H56N8O8/c1-61-45(60)53-38(30-13-21-63-47(25-30)16-17-47)43(57)54-18-2-4-35(54)40-48-32-10-7-27(23-34(32)50-40)26-6-9-31-28(22-26)8-11-33-39(31)51-41(49-33)36-5-3-19-55(36)42(56)37(52-44(58)59)29-12-20-62-46(24-29)14-15-46/h6-7,9-10,22-23,29-30,35-38,52H,2-5,8,11-21,24-25H2,1H3,(H,48,50)(H,49,51)(H,53,60)(H,58,59)/t29?,30?,35-,36-,37?,38?/m0/s1. The van der Waals surface area contributed by atoms with Crippen LogP contribution in [0.15, 0.2) is 36.4 Å². The van der Waals surface area contributed by atoms with Crippen LogP contribution < -0.4 is 10.6 Å². The number of rotatable bonds is 9. The van der Waals surface area contributed by atoms with E-state index < -0.39 is 24.3 Å². The number of imidazole rings is 2. The third kappa shape index (κ3) is 7.51. The number of aryl methyl sites for hydroxylation is 2. The summed E-state index contributed by atoms with van der Waals surface area (Å²) in [6.07, 6.45) is 9.78. The molecule has 7 aliphatic rings. The summed E-state index contributed by atoms with van der Waals surface area (Å²) in [6, 6.07) is 10.8. The highest BCUT2D eigenvalue weighted by molar-refractivity contribution is 5.88. The number of benzene rings is 2. The van der Waals surface area contributed by atoms with E-state index in [9.17, 15) is 24.3 Å². The average Bonchev–Trinajstić information content (AvgIpc) is 3.82. The molecule has 2 aromatic carbocycles. The van der Waals surface area contributed by atoms with Crippen molar-refractivity contribution < 1.29 is 38.5 Å². The number of likely N-dealkylation sites (tertiary alicyclic amines) is 2. The summed E-state index contributed by atoms with van der Waals surface area (Å²) in [5.41, 5.74) is 7.76. The number of amides is 4. The molecule has 4 unspecified atom stereocenters. The number of nitrogens with one attached hydrogen (secondary N) is 4. The van der Waals surface area contributed by atoms with Crippen LogP contribution >= 0.6 is 0 Å². The summed E-state index contributed by atoms with van der Waals surface area (Å²) in [6.45, 7) is 2.28. The summed E-state index contributed by atoms with van der Waals surface area (Å²) in [5.74, 6) is 1.11. The topological polar surface area (TPSA) is 204 Å². The lowest BCUT2D eigenvalue weighted by Gasteiger charge is -2.37. The second-order valence-corrected chi connectivity index (χ2v) is 19.2. The number of aromatic amines is 2. The minimum absolute atomic E-state index is 0.0289. The van der Waals surface area contributed by atoms with Gasteiger partial charge in [-0.05, 0) is 131 Å². The van der Waals surface area contributed by atoms with Crippen LogP contribution in [0.3, 0.4) is 0 Å². The van der Waals surface area contributed by atoms with Gasteiger partial charge in [-0.25, -0.2) is 19.6 Å². The summed E-state index contributed by atoms with van der Waals surface area (Å²) < 4.78 is 17.0. The van der Waals surface area contributed by atoms with Gasteiger partial charge in [0.2, 0.25) is 11.8 Å². The van der Waals surface area contributed by atoms with Crippen LogP contribution in [0.25, 0.3) is 33.4 Å². The van der Waals surface area contributed by atoms with E-state index in [4.69, 9.17) is 24.2 Å². The first kappa shape index (κ1) is 40.3. The monoisotopic (exact) mass is 860 g/mol. The molecule has 0 bridgehead atoms. The fourth-order valence-electron chi connectivity index (χ4n) is 11.6. The number of hydrogen-bond acceptors (Lipinski definition) is 9. The number of carboxylic acid groups (broad SMARTS) is 1. The minimum atomic E-state index is -1.18. The molecule has 2 aromatic heterocycles. The Morgan fingerprint density at radius 1 is 0.778 bits per heavy atom. The van der Waals surface area contributed by atoms with Crippen molar-refractivity contribution in [3.8, 4) is 22.4 Å². The fraction of sp³-hybridized carbons (Fsp3) is 0.574. The van der Waals surface area contributed by atoms with E-state index in [1.54, 1.807) is 0 Å². The molecule has 5 N–H and O–H groups in total. The normalized spacial score (nSPS) is 26.2. The van der Waals surface area contributed by atoms with E-state index in [-0.39, 0.29) is 46.9 Å². The molecule has 2 saturated carbocycles. The molecule has 2 spiro atoms. The van der Waals surface area contributed by atoms with E-state index in [0.29, 0.717) is 45.6 Å². The number of alkyl carbamates (subject to hydrolysis) is 1. The lowest BCUT2D eigenvalue weighted by Crippen LogP contribution is -2.54. The Bertz CT molecular complexity index is 2470. The van der Waals surface area contributed by atoms with Gasteiger partial charge in [-0.3, -0.25) is 9.59 Å². The molecule has 6 heterocycles. The largest absolute Gasteiger partial charge is 0.465 e. The number of aromatic nitrogens is 4. The smallest absolute Gasteiger partial charge is 0.407 e. The molecule has 4 amide bonds. The van der Waals surface area contributed by atoms with Crippen molar-refractivity contribution in [2.75, 3.05) is 33.4 Å². The number of carbonyl (C=O) groups is 4. The van der Waals surface area contributed by atoms with Crippen LogP contribution in [-0.2, 0) is 36.6 Å². The second-order valence-electron chi connectivity index (χ2n) is 19.2. The molecule has 4 saturated heterocycles. The first-order chi connectivity index (χ1) is 30.6. The molecule has 16 heteroatoms. The van der Waals surface area contributed by atoms with E-state index >= 15 is 0 Å². The third-order valence-corrected chi connectivity index (χ3v) is 15.2. The number of ether oxygens (including phenoxy) is 3. The summed E-state index contributed by atoms with van der Waals surface area (Å²) in [7, 11) is 1.33. The van der Waals surface area contributed by atoms with Crippen molar-refractivity contribution in [3.05, 3.63) is 59.3 Å². The molecular weight excluding hydrogens is 805 g/mol. The second kappa shape index (κ2) is 15.6. The molecular formula is C47H56N8O8. The lowest BCUT2D eigenvalue weighted by atomic mass is 9.86. The average molecular weight is 861 g/mol. The van der Waals surface area contributed by atoms with E-state index in [0.717, 1.165) is 121 Å². The Morgan fingerprint density at radius 3 is 2.00 bits per heavy atom. The van der Waals surface area contributed by atoms with Gasteiger partial charge in [-0.2, -0.15) is 0 Å². The Balaban J connectivity index is 0.807. The van der Waals surface area contributed by atoms with E-state index in [1.807, 2.05) is 15.9 Å². The lowest BCUT2D eigenvalue weighted by molar-refractivity contribution is -0.138. The minimum Gasteiger partial charge on any atom is -0.465 e. The van der Waals surface area contributed by atoms with Gasteiger partial charge in [-0.15, -0.1) is 0 Å². The Kier molecular flexibility index (Phi) is 10.0. The molecule has 0 radical (unpaired) electrons. The van der Waals surface area contributed by atoms with Gasteiger partial charge < -0.3 is 49.7 Å². The van der Waals surface area contributed by atoms with Crippen LogP contribution in [0.4, 0.5) is 9.59 Å². The van der Waals surface area contributed by atoms with Gasteiger partial charge in [0.25, 0.3) is 0 Å². The predicted molar refractivity (Wildman–Crippen MR) is 229 cm³/mol. The van der Waals surface area contributed by atoms with Crippen molar-refractivity contribution in [2.24, 2.45) is 11.8 Å². The first-order valence-electron chi connectivity index (χ1n) is 23.0. The molecule has 16 nitrogen and oxygen atoms in total. The van der Waals surface area contributed by atoms with Crippen molar-refractivity contribution in [1.82, 2.24) is 40.4 Å². The van der Waals surface area contributed by atoms with Crippen LogP contribution in [0.5, 0.6) is 0 Å². The SMILES string of the molecule is COC(=O)NC(C(=O)N1CCC[C@H]1c1nc2ccc(-c3ccc4c(c3)CCc3[nH]c([C@@H]5CCCN5C(=O)C(NC(=O)O)C5CCOC6(CC6)C5)nc3-4)cc2[nH]1)C1CCOC2(CC2)C1. The molecule has 332 valence electrons. The fourth-order valence-corrected chi connectivity index (χ4v) is 11.6. The zero-order valence-electron chi connectivity index (χ0n) is 35.7. The van der Waals surface area contributed by atoms with Crippen molar-refractivity contribution in [2.45, 2.75) is 125 Å². The zero-order valence-corrected chi connectivity index (χ0v) is 35.7. The van der Waals surface area contributed by atoms with Gasteiger partial charge in [0.1, 0.15) is 23.7 Å². The highest BCUT2D eigenvalue weighted by Crippen LogP contribution is 2.50. The summed E-state index contributed by atoms with van der Waals surface area (Å²) >= 11 is 0. The van der Waals surface area contributed by atoms with Crippen LogP contribution in [0, 0.1) is 11.8 Å². The number of nitrogens with zero attached hydrogens (tertiary/aromatic N) is 4. The zero-order chi connectivity index (χ0) is 43.0. The highest BCUT2D eigenvalue weighted by atomic mass is 16.5. The Morgan fingerprint density at radius 2 is 1.38 bits per heavy atom. The van der Waals surface area contributed by atoms with E-state index in [1.165, 1.54) is 12.7 Å². The maximum atomic E-state index is 14.3. The number of H-pyrrole nitrogens is 2. The Hall–Kier alpha value is -5.48. The van der Waals surface area contributed by atoms with Gasteiger partial charge in [-0.1, -0.05) is 24.3 Å². The van der Waals surface area contributed by atoms with Crippen LogP contribution in [0.1, 0.15) is 112 Å². The summed E-state index contributed by atoms with van der Waals surface area (Å²) in [5, 5.41) is 15.3. The van der Waals surface area contributed by atoms with Crippen molar-refractivity contribution >= 4 is 35.0 Å². The molecule has 6 atom stereocenters.